The second-order valence-electron chi connectivity index (χ2n) is 8.53. The van der Waals surface area contributed by atoms with Crippen LogP contribution in [0.2, 0.25) is 0 Å². The number of carbonyl (C=O) groups excluding carboxylic acids is 2. The number of methoxy groups -OCH3 is 2. The van der Waals surface area contributed by atoms with Crippen LogP contribution in [0.1, 0.15) is 41.1 Å². The van der Waals surface area contributed by atoms with Crippen LogP contribution in [0.5, 0.6) is 11.5 Å². The minimum absolute atomic E-state index is 0.0652. The lowest BCUT2D eigenvalue weighted by atomic mass is 9.88. The summed E-state index contributed by atoms with van der Waals surface area (Å²) in [7, 11) is -1.32. The molecule has 0 spiro atoms. The molecule has 1 unspecified atom stereocenters. The van der Waals surface area contributed by atoms with Crippen LogP contribution in [-0.2, 0) is 32.2 Å². The first kappa shape index (κ1) is 26.6. The summed E-state index contributed by atoms with van der Waals surface area (Å²) in [6, 6.07) is 4.78. The molecule has 13 heteroatoms. The van der Waals surface area contributed by atoms with E-state index in [9.17, 15) is 18.0 Å². The van der Waals surface area contributed by atoms with Crippen molar-refractivity contribution in [3.8, 4) is 23.0 Å². The third kappa shape index (κ3) is 5.62. The minimum atomic E-state index is -4.27. The number of amides is 1. The average Bonchev–Trinajstić information content (AvgIpc) is 3.48. The predicted octanol–water partition coefficient (Wildman–Crippen LogP) is 3.53. The molecule has 0 saturated carbocycles. The van der Waals surface area contributed by atoms with Gasteiger partial charge in [0, 0.05) is 10.4 Å². The van der Waals surface area contributed by atoms with Gasteiger partial charge >= 0.3 is 11.2 Å². The van der Waals surface area contributed by atoms with Crippen LogP contribution in [0.25, 0.3) is 11.5 Å². The molecule has 1 aliphatic rings. The molecule has 2 heterocycles. The van der Waals surface area contributed by atoms with Gasteiger partial charge in [0.2, 0.25) is 21.6 Å². The fourth-order valence-corrected chi connectivity index (χ4v) is 6.40. The minimum Gasteiger partial charge on any atom is -0.493 e. The first-order valence-corrected chi connectivity index (χ1v) is 14.0. The normalized spacial score (nSPS) is 15.1. The van der Waals surface area contributed by atoms with Gasteiger partial charge in [-0.2, -0.15) is 0 Å². The molecule has 198 valence electrons. The average molecular weight is 550 g/mol. The molecule has 0 bridgehead atoms. The standard InChI is InChI=1S/C24H27N3O8S2/c1-5-34-23(29)20-15-8-6-13(2)10-18(15)36-22(20)25-19(28)12-37(30,31)24-27-26-21(35-24)14-7-9-16(32-3)17(11-14)33-4/h7,9,11,13H,5-6,8,10,12H2,1-4H3,(H,25,28). The zero-order chi connectivity index (χ0) is 26.7. The number of hydrogen-bond acceptors (Lipinski definition) is 11. The summed E-state index contributed by atoms with van der Waals surface area (Å²) in [5, 5.41) is 9.61. The van der Waals surface area contributed by atoms with Crippen molar-refractivity contribution < 1.29 is 36.6 Å². The van der Waals surface area contributed by atoms with E-state index in [4.69, 9.17) is 18.6 Å². The van der Waals surface area contributed by atoms with Crippen LogP contribution in [0.3, 0.4) is 0 Å². The number of carbonyl (C=O) groups is 2. The van der Waals surface area contributed by atoms with E-state index in [1.807, 2.05) is 0 Å². The molecule has 37 heavy (non-hydrogen) atoms. The van der Waals surface area contributed by atoms with Crippen LogP contribution in [-0.4, -0.2) is 57.1 Å². The maximum atomic E-state index is 12.9. The molecule has 1 N–H and O–H groups in total. The van der Waals surface area contributed by atoms with Crippen molar-refractivity contribution in [2.45, 2.75) is 38.3 Å². The number of nitrogens with zero attached hydrogens (tertiary/aromatic N) is 2. The van der Waals surface area contributed by atoms with E-state index in [-0.39, 0.29) is 17.5 Å². The van der Waals surface area contributed by atoms with Crippen molar-refractivity contribution in [1.29, 1.82) is 0 Å². The van der Waals surface area contributed by atoms with E-state index in [0.29, 0.717) is 35.0 Å². The smallest absolute Gasteiger partial charge is 0.341 e. The highest BCUT2D eigenvalue weighted by Crippen LogP contribution is 2.40. The zero-order valence-electron chi connectivity index (χ0n) is 20.8. The van der Waals surface area contributed by atoms with Gasteiger partial charge in [0.15, 0.2) is 11.5 Å². The topological polar surface area (TPSA) is 147 Å². The second-order valence-corrected chi connectivity index (χ2v) is 11.5. The number of esters is 1. The Balaban J connectivity index is 1.54. The Morgan fingerprint density at radius 2 is 1.95 bits per heavy atom. The van der Waals surface area contributed by atoms with Crippen molar-refractivity contribution in [2.24, 2.45) is 5.92 Å². The third-order valence-corrected chi connectivity index (χ3v) is 8.38. The number of nitrogens with one attached hydrogen (secondary N) is 1. The molecular formula is C24H27N3O8S2. The van der Waals surface area contributed by atoms with Gasteiger partial charge in [-0.3, -0.25) is 4.79 Å². The van der Waals surface area contributed by atoms with Gasteiger partial charge in [-0.05, 0) is 55.9 Å². The molecule has 1 amide bonds. The van der Waals surface area contributed by atoms with Crippen molar-refractivity contribution in [1.82, 2.24) is 10.2 Å². The number of rotatable bonds is 9. The van der Waals surface area contributed by atoms with E-state index < -0.39 is 32.7 Å². The van der Waals surface area contributed by atoms with E-state index in [1.54, 1.807) is 25.1 Å². The first-order valence-electron chi connectivity index (χ1n) is 11.6. The molecule has 0 saturated heterocycles. The lowest BCUT2D eigenvalue weighted by molar-refractivity contribution is -0.113. The number of sulfone groups is 1. The second kappa shape index (κ2) is 10.9. The molecule has 0 aliphatic heterocycles. The monoisotopic (exact) mass is 549 g/mol. The summed E-state index contributed by atoms with van der Waals surface area (Å²) in [6.45, 7) is 4.00. The Bertz CT molecular complexity index is 1430. The molecule has 11 nitrogen and oxygen atoms in total. The lowest BCUT2D eigenvalue weighted by Gasteiger charge is -2.18. The van der Waals surface area contributed by atoms with Crippen LogP contribution in [0.15, 0.2) is 27.8 Å². The third-order valence-electron chi connectivity index (χ3n) is 5.87. The van der Waals surface area contributed by atoms with Crippen LogP contribution >= 0.6 is 11.3 Å². The fraction of sp³-hybridized carbons (Fsp3) is 0.417. The maximum absolute atomic E-state index is 12.9. The Kier molecular flexibility index (Phi) is 7.83. The number of fused-ring (bicyclic) bond motifs is 1. The first-order chi connectivity index (χ1) is 17.7. The van der Waals surface area contributed by atoms with Gasteiger partial charge in [0.1, 0.15) is 10.8 Å². The van der Waals surface area contributed by atoms with Crippen LogP contribution < -0.4 is 14.8 Å². The van der Waals surface area contributed by atoms with Crippen LogP contribution in [0, 0.1) is 5.92 Å². The van der Waals surface area contributed by atoms with Gasteiger partial charge in [-0.1, -0.05) is 12.0 Å². The highest BCUT2D eigenvalue weighted by Gasteiger charge is 2.31. The van der Waals surface area contributed by atoms with Crippen molar-refractivity contribution in [3.05, 3.63) is 34.2 Å². The number of ether oxygens (including phenoxy) is 3. The molecule has 0 radical (unpaired) electrons. The van der Waals surface area contributed by atoms with Gasteiger partial charge < -0.3 is 23.9 Å². The summed E-state index contributed by atoms with van der Waals surface area (Å²) in [6.07, 6.45) is 2.38. The van der Waals surface area contributed by atoms with E-state index >= 15 is 0 Å². The quantitative estimate of drug-likeness (QED) is 0.393. The van der Waals surface area contributed by atoms with Gasteiger partial charge in [-0.15, -0.1) is 16.4 Å². The summed E-state index contributed by atoms with van der Waals surface area (Å²) in [5.41, 5.74) is 1.57. The van der Waals surface area contributed by atoms with Crippen LogP contribution in [0.4, 0.5) is 5.00 Å². The number of aromatic nitrogens is 2. The molecule has 3 aromatic rings. The number of benzene rings is 1. The van der Waals surface area contributed by atoms with Gasteiger partial charge in [-0.25, -0.2) is 13.2 Å². The highest BCUT2D eigenvalue weighted by atomic mass is 32.2. The molecule has 1 aromatic carbocycles. The zero-order valence-corrected chi connectivity index (χ0v) is 22.5. The van der Waals surface area contributed by atoms with Gasteiger partial charge in [0.05, 0.1) is 26.4 Å². The Morgan fingerprint density at radius 1 is 1.19 bits per heavy atom. The maximum Gasteiger partial charge on any atom is 0.341 e. The number of hydrogen-bond donors (Lipinski definition) is 1. The van der Waals surface area contributed by atoms with E-state index in [1.165, 1.54) is 25.6 Å². The summed E-state index contributed by atoms with van der Waals surface area (Å²) >= 11 is 1.28. The Morgan fingerprint density at radius 3 is 2.65 bits per heavy atom. The number of anilines is 1. The Labute approximate surface area is 218 Å². The summed E-state index contributed by atoms with van der Waals surface area (Å²) < 4.78 is 46.7. The Hall–Kier alpha value is -3.45. The van der Waals surface area contributed by atoms with E-state index in [2.05, 4.69) is 22.4 Å². The van der Waals surface area contributed by atoms with Crippen molar-refractivity contribution >= 4 is 38.1 Å². The molecule has 1 atom stereocenters. The molecule has 2 aromatic heterocycles. The predicted molar refractivity (Wildman–Crippen MR) is 135 cm³/mol. The lowest BCUT2D eigenvalue weighted by Crippen LogP contribution is -2.24. The largest absolute Gasteiger partial charge is 0.493 e. The highest BCUT2D eigenvalue weighted by molar-refractivity contribution is 7.91. The fourth-order valence-electron chi connectivity index (χ4n) is 4.08. The van der Waals surface area contributed by atoms with Crippen molar-refractivity contribution in [3.63, 3.8) is 0 Å². The molecular weight excluding hydrogens is 522 g/mol. The van der Waals surface area contributed by atoms with Gasteiger partial charge in [0.25, 0.3) is 0 Å². The SMILES string of the molecule is CCOC(=O)c1c(NC(=O)CS(=O)(=O)c2nnc(-c3ccc(OC)c(OC)c3)o2)sc2c1CCC(C)C2. The molecule has 0 fully saturated rings. The summed E-state index contributed by atoms with van der Waals surface area (Å²) in [4.78, 5) is 26.4. The van der Waals surface area contributed by atoms with Crippen molar-refractivity contribution in [2.75, 3.05) is 31.9 Å². The van der Waals surface area contributed by atoms with E-state index in [0.717, 1.165) is 23.3 Å². The molecule has 1 aliphatic carbocycles. The number of thiophene rings is 1. The molecule has 4 rings (SSSR count). The summed E-state index contributed by atoms with van der Waals surface area (Å²) in [5.74, 6) is -1.06.